The van der Waals surface area contributed by atoms with Gasteiger partial charge in [-0.15, -0.1) is 0 Å². The average Bonchev–Trinajstić information content (AvgIpc) is 3.13. The minimum absolute atomic E-state index is 0.0778. The van der Waals surface area contributed by atoms with Crippen molar-refractivity contribution in [1.29, 1.82) is 0 Å². The van der Waals surface area contributed by atoms with Crippen LogP contribution in [0.25, 0.3) is 0 Å². The molecule has 0 saturated carbocycles. The summed E-state index contributed by atoms with van der Waals surface area (Å²) in [6.07, 6.45) is 4.78. The molecule has 2 heterocycles. The van der Waals surface area contributed by atoms with Crippen molar-refractivity contribution in [2.24, 2.45) is 10.4 Å². The van der Waals surface area contributed by atoms with Gasteiger partial charge >= 0.3 is 0 Å². The Kier molecular flexibility index (Phi) is 8.30. The monoisotopic (exact) mass is 363 g/mol. The smallest absolute Gasteiger partial charge is 0.252 e. The van der Waals surface area contributed by atoms with E-state index < -0.39 is 0 Å². The van der Waals surface area contributed by atoms with Crippen LogP contribution in [0.5, 0.6) is 0 Å². The van der Waals surface area contributed by atoms with Gasteiger partial charge in [0.25, 0.3) is 5.91 Å². The summed E-state index contributed by atoms with van der Waals surface area (Å²) in [4.78, 5) is 20.5. The number of carbonyl (C=O) groups is 1. The number of nitrogens with one attached hydrogen (secondary N) is 3. The number of nitrogens with zero attached hydrogens (tertiary/aromatic N) is 2. The highest BCUT2D eigenvalue weighted by Crippen LogP contribution is 2.32. The van der Waals surface area contributed by atoms with Gasteiger partial charge in [0.15, 0.2) is 5.96 Å². The number of aliphatic imine (C=N–C) groups is 1. The second-order valence-electron chi connectivity index (χ2n) is 6.40. The lowest BCUT2D eigenvalue weighted by atomic mass is 9.84. The van der Waals surface area contributed by atoms with Crippen molar-refractivity contribution >= 4 is 11.9 Å². The van der Waals surface area contributed by atoms with E-state index in [0.29, 0.717) is 44.2 Å². The maximum atomic E-state index is 12.0. The summed E-state index contributed by atoms with van der Waals surface area (Å²) in [5.74, 6) is 0.555. The van der Waals surface area contributed by atoms with E-state index in [9.17, 15) is 9.90 Å². The SMILES string of the molecule is CCNC(=NCC1(CCO)CCOC1)NCCNC(=O)c1cccnc1. The molecule has 1 saturated heterocycles. The Balaban J connectivity index is 1.79. The number of hydrogen-bond acceptors (Lipinski definition) is 5. The molecule has 1 aromatic rings. The van der Waals surface area contributed by atoms with Crippen LogP contribution in [0.4, 0.5) is 0 Å². The van der Waals surface area contributed by atoms with E-state index in [0.717, 1.165) is 19.6 Å². The molecule has 144 valence electrons. The zero-order valence-electron chi connectivity index (χ0n) is 15.3. The van der Waals surface area contributed by atoms with E-state index >= 15 is 0 Å². The van der Waals surface area contributed by atoms with Crippen LogP contribution in [0.1, 0.15) is 30.1 Å². The standard InChI is InChI=1S/C18H29N5O3/c1-2-20-17(23-13-18(5-10-24)6-11-26-14-18)22-9-8-21-16(25)15-4-3-7-19-12-15/h3-4,7,12,24H,2,5-6,8-11,13-14H2,1H3,(H,21,25)(H2,20,22,23). The number of aromatic nitrogens is 1. The summed E-state index contributed by atoms with van der Waals surface area (Å²) in [6.45, 7) is 5.89. The fraction of sp³-hybridized carbons (Fsp3) is 0.611. The fourth-order valence-corrected chi connectivity index (χ4v) is 2.83. The van der Waals surface area contributed by atoms with Gasteiger partial charge in [0.2, 0.25) is 0 Å². The zero-order valence-corrected chi connectivity index (χ0v) is 15.3. The molecule has 1 atom stereocenters. The van der Waals surface area contributed by atoms with Crippen molar-refractivity contribution in [3.63, 3.8) is 0 Å². The van der Waals surface area contributed by atoms with Gasteiger partial charge in [-0.3, -0.25) is 14.8 Å². The van der Waals surface area contributed by atoms with Crippen LogP contribution in [0.15, 0.2) is 29.5 Å². The Morgan fingerprint density at radius 1 is 1.38 bits per heavy atom. The molecule has 8 nitrogen and oxygen atoms in total. The molecule has 4 N–H and O–H groups in total. The Labute approximate surface area is 154 Å². The summed E-state index contributed by atoms with van der Waals surface area (Å²) in [5.41, 5.74) is 0.464. The summed E-state index contributed by atoms with van der Waals surface area (Å²) in [5, 5.41) is 18.6. The van der Waals surface area contributed by atoms with Crippen molar-refractivity contribution in [3.8, 4) is 0 Å². The van der Waals surface area contributed by atoms with E-state index in [4.69, 9.17) is 4.74 Å². The molecule has 1 aliphatic rings. The molecule has 0 bridgehead atoms. The number of aliphatic hydroxyl groups is 1. The van der Waals surface area contributed by atoms with Crippen molar-refractivity contribution in [1.82, 2.24) is 20.9 Å². The largest absolute Gasteiger partial charge is 0.396 e. The molecule has 1 aromatic heterocycles. The number of hydrogen-bond donors (Lipinski definition) is 4. The molecule has 0 aromatic carbocycles. The van der Waals surface area contributed by atoms with Crippen LogP contribution in [-0.4, -0.2) is 68.0 Å². The molecular weight excluding hydrogens is 334 g/mol. The minimum Gasteiger partial charge on any atom is -0.396 e. The molecule has 1 fully saturated rings. The van der Waals surface area contributed by atoms with Crippen molar-refractivity contribution in [2.45, 2.75) is 19.8 Å². The second kappa shape index (κ2) is 10.7. The van der Waals surface area contributed by atoms with Crippen LogP contribution in [0.2, 0.25) is 0 Å². The molecule has 2 rings (SSSR count). The van der Waals surface area contributed by atoms with E-state index in [2.05, 4.69) is 25.9 Å². The average molecular weight is 363 g/mol. The Bertz CT molecular complexity index is 573. The van der Waals surface area contributed by atoms with Crippen LogP contribution in [0, 0.1) is 5.41 Å². The van der Waals surface area contributed by atoms with Crippen LogP contribution >= 0.6 is 0 Å². The number of aliphatic hydroxyl groups excluding tert-OH is 1. The molecular formula is C18H29N5O3. The topological polar surface area (TPSA) is 108 Å². The quantitative estimate of drug-likeness (QED) is 0.283. The molecule has 1 unspecified atom stereocenters. The minimum atomic E-state index is -0.146. The van der Waals surface area contributed by atoms with Gasteiger partial charge in [-0.1, -0.05) is 0 Å². The number of rotatable bonds is 9. The van der Waals surface area contributed by atoms with Crippen molar-refractivity contribution < 1.29 is 14.6 Å². The Hall–Kier alpha value is -2.19. The fourth-order valence-electron chi connectivity index (χ4n) is 2.83. The molecule has 0 spiro atoms. The summed E-state index contributed by atoms with van der Waals surface area (Å²) >= 11 is 0. The lowest BCUT2D eigenvalue weighted by Gasteiger charge is -2.24. The highest BCUT2D eigenvalue weighted by Gasteiger charge is 2.34. The van der Waals surface area contributed by atoms with E-state index in [-0.39, 0.29) is 17.9 Å². The van der Waals surface area contributed by atoms with Crippen LogP contribution < -0.4 is 16.0 Å². The summed E-state index contributed by atoms with van der Waals surface area (Å²) in [6, 6.07) is 3.46. The first-order chi connectivity index (χ1) is 12.7. The van der Waals surface area contributed by atoms with E-state index in [1.807, 2.05) is 6.92 Å². The van der Waals surface area contributed by atoms with Crippen molar-refractivity contribution in [3.05, 3.63) is 30.1 Å². The second-order valence-corrected chi connectivity index (χ2v) is 6.40. The third-order valence-corrected chi connectivity index (χ3v) is 4.37. The maximum Gasteiger partial charge on any atom is 0.252 e. The van der Waals surface area contributed by atoms with Crippen LogP contribution in [0.3, 0.4) is 0 Å². The maximum absolute atomic E-state index is 12.0. The molecule has 1 aliphatic heterocycles. The number of amides is 1. The van der Waals surface area contributed by atoms with Gasteiger partial charge in [-0.25, -0.2) is 0 Å². The van der Waals surface area contributed by atoms with E-state index in [1.54, 1.807) is 24.5 Å². The lowest BCUT2D eigenvalue weighted by molar-refractivity contribution is 0.0954. The molecule has 0 aliphatic carbocycles. The van der Waals surface area contributed by atoms with Crippen LogP contribution in [-0.2, 0) is 4.74 Å². The van der Waals surface area contributed by atoms with Gasteiger partial charge in [-0.2, -0.15) is 0 Å². The zero-order chi connectivity index (χ0) is 18.7. The lowest BCUT2D eigenvalue weighted by Crippen LogP contribution is -2.42. The van der Waals surface area contributed by atoms with Crippen molar-refractivity contribution in [2.75, 3.05) is 46.0 Å². The molecule has 0 radical (unpaired) electrons. The predicted molar refractivity (Wildman–Crippen MR) is 100 cm³/mol. The van der Waals surface area contributed by atoms with Gasteiger partial charge in [-0.05, 0) is 31.9 Å². The normalized spacial score (nSPS) is 20.0. The third kappa shape index (κ3) is 6.27. The predicted octanol–water partition coefficient (Wildman–Crippen LogP) is 0.156. The first-order valence-electron chi connectivity index (χ1n) is 9.08. The summed E-state index contributed by atoms with van der Waals surface area (Å²) in [7, 11) is 0. The van der Waals surface area contributed by atoms with Gasteiger partial charge in [0.1, 0.15) is 0 Å². The molecule has 1 amide bonds. The number of guanidine groups is 1. The highest BCUT2D eigenvalue weighted by molar-refractivity contribution is 5.93. The van der Waals surface area contributed by atoms with Gasteiger partial charge in [0, 0.05) is 50.7 Å². The number of ether oxygens (including phenoxy) is 1. The third-order valence-electron chi connectivity index (χ3n) is 4.37. The number of carbonyl (C=O) groups excluding carboxylic acids is 1. The molecule has 8 heteroatoms. The van der Waals surface area contributed by atoms with Gasteiger partial charge < -0.3 is 25.8 Å². The first-order valence-corrected chi connectivity index (χ1v) is 9.08. The Morgan fingerprint density at radius 3 is 2.88 bits per heavy atom. The summed E-state index contributed by atoms with van der Waals surface area (Å²) < 4.78 is 5.50. The van der Waals surface area contributed by atoms with Gasteiger partial charge in [0.05, 0.1) is 18.7 Å². The number of pyridine rings is 1. The molecule has 26 heavy (non-hydrogen) atoms. The first kappa shape index (κ1) is 20.1. The highest BCUT2D eigenvalue weighted by atomic mass is 16.5. The Morgan fingerprint density at radius 2 is 2.23 bits per heavy atom. The van der Waals surface area contributed by atoms with E-state index in [1.165, 1.54) is 0 Å².